The van der Waals surface area contributed by atoms with Gasteiger partial charge in [0.2, 0.25) is 5.91 Å². The molecular formula is C18H22N2O5. The molecule has 1 aromatic carbocycles. The Balaban J connectivity index is 1.72. The Morgan fingerprint density at radius 2 is 1.92 bits per heavy atom. The third kappa shape index (κ3) is 6.39. The Morgan fingerprint density at radius 3 is 2.60 bits per heavy atom. The first-order chi connectivity index (χ1) is 12.1. The smallest absolute Gasteiger partial charge is 0.328 e. The van der Waals surface area contributed by atoms with Gasteiger partial charge in [0.05, 0.1) is 13.2 Å². The van der Waals surface area contributed by atoms with Crippen molar-refractivity contribution < 1.29 is 23.9 Å². The maximum Gasteiger partial charge on any atom is 0.328 e. The number of rotatable bonds is 6. The van der Waals surface area contributed by atoms with Crippen LogP contribution in [0.25, 0.3) is 6.08 Å². The van der Waals surface area contributed by atoms with Gasteiger partial charge in [-0.15, -0.1) is 0 Å². The first-order valence-corrected chi connectivity index (χ1v) is 8.12. The van der Waals surface area contributed by atoms with E-state index in [2.05, 4.69) is 5.32 Å². The summed E-state index contributed by atoms with van der Waals surface area (Å²) in [5.41, 5.74) is 0.879. The van der Waals surface area contributed by atoms with Crippen molar-refractivity contribution >= 4 is 23.9 Å². The quantitative estimate of drug-likeness (QED) is 0.602. The zero-order chi connectivity index (χ0) is 18.1. The van der Waals surface area contributed by atoms with Gasteiger partial charge in [-0.1, -0.05) is 30.3 Å². The molecule has 1 fully saturated rings. The second kappa shape index (κ2) is 9.58. The van der Waals surface area contributed by atoms with Gasteiger partial charge in [0.15, 0.2) is 6.61 Å². The molecule has 1 saturated heterocycles. The molecular weight excluding hydrogens is 324 g/mol. The summed E-state index contributed by atoms with van der Waals surface area (Å²) in [4.78, 5) is 37.2. The lowest BCUT2D eigenvalue weighted by molar-refractivity contribution is -0.155. The van der Waals surface area contributed by atoms with E-state index in [9.17, 15) is 14.4 Å². The molecule has 0 aromatic heterocycles. The largest absolute Gasteiger partial charge is 0.454 e. The van der Waals surface area contributed by atoms with Crippen molar-refractivity contribution in [2.24, 2.45) is 0 Å². The molecule has 1 heterocycles. The van der Waals surface area contributed by atoms with Crippen LogP contribution >= 0.6 is 0 Å². The number of nitrogens with one attached hydrogen (secondary N) is 1. The topological polar surface area (TPSA) is 84.9 Å². The summed E-state index contributed by atoms with van der Waals surface area (Å²) in [5.74, 6) is -1.32. The number of nitrogens with zero attached hydrogens (tertiary/aromatic N) is 1. The van der Waals surface area contributed by atoms with Crippen molar-refractivity contribution in [1.82, 2.24) is 10.2 Å². The number of benzene rings is 1. The van der Waals surface area contributed by atoms with Crippen molar-refractivity contribution in [3.63, 3.8) is 0 Å². The van der Waals surface area contributed by atoms with Gasteiger partial charge in [-0.3, -0.25) is 9.59 Å². The monoisotopic (exact) mass is 346 g/mol. The van der Waals surface area contributed by atoms with Crippen molar-refractivity contribution in [3.8, 4) is 0 Å². The summed E-state index contributed by atoms with van der Waals surface area (Å²) >= 11 is 0. The van der Waals surface area contributed by atoms with Gasteiger partial charge in [0.1, 0.15) is 6.04 Å². The van der Waals surface area contributed by atoms with Gasteiger partial charge < -0.3 is 19.7 Å². The third-order valence-corrected chi connectivity index (χ3v) is 3.64. The second-order valence-electron chi connectivity index (χ2n) is 5.58. The lowest BCUT2D eigenvalue weighted by Gasteiger charge is -2.26. The fourth-order valence-electron chi connectivity index (χ4n) is 2.22. The van der Waals surface area contributed by atoms with E-state index in [1.807, 2.05) is 30.3 Å². The highest BCUT2D eigenvalue weighted by Crippen LogP contribution is 2.01. The van der Waals surface area contributed by atoms with E-state index in [1.165, 1.54) is 13.0 Å². The SMILES string of the molecule is C[C@H](NC(=O)/C=C/c1ccccc1)C(=O)OCC(=O)N1CCOCC1. The van der Waals surface area contributed by atoms with Crippen LogP contribution in [0.2, 0.25) is 0 Å². The Bertz CT molecular complexity index is 624. The van der Waals surface area contributed by atoms with Crippen LogP contribution in [0.15, 0.2) is 36.4 Å². The molecule has 1 aromatic rings. The average molecular weight is 346 g/mol. The molecule has 0 bridgehead atoms. The summed E-state index contributed by atoms with van der Waals surface area (Å²) in [6.45, 7) is 3.13. The predicted molar refractivity (Wildman–Crippen MR) is 91.4 cm³/mol. The number of amides is 2. The first kappa shape index (κ1) is 18.7. The molecule has 1 aliphatic heterocycles. The lowest BCUT2D eigenvalue weighted by atomic mass is 10.2. The number of esters is 1. The Morgan fingerprint density at radius 1 is 1.24 bits per heavy atom. The van der Waals surface area contributed by atoms with Crippen LogP contribution in [0.4, 0.5) is 0 Å². The van der Waals surface area contributed by atoms with Crippen molar-refractivity contribution in [2.75, 3.05) is 32.9 Å². The molecule has 134 valence electrons. The van der Waals surface area contributed by atoms with Crippen LogP contribution in [-0.2, 0) is 23.9 Å². The molecule has 0 unspecified atom stereocenters. The van der Waals surface area contributed by atoms with E-state index in [0.717, 1.165) is 5.56 Å². The van der Waals surface area contributed by atoms with Gasteiger partial charge in [0.25, 0.3) is 5.91 Å². The number of hydrogen-bond acceptors (Lipinski definition) is 5. The van der Waals surface area contributed by atoms with E-state index < -0.39 is 17.9 Å². The van der Waals surface area contributed by atoms with Crippen LogP contribution in [0.3, 0.4) is 0 Å². The molecule has 1 atom stereocenters. The lowest BCUT2D eigenvalue weighted by Crippen LogP contribution is -2.44. The number of ether oxygens (including phenoxy) is 2. The minimum Gasteiger partial charge on any atom is -0.454 e. The molecule has 1 aliphatic rings. The zero-order valence-corrected chi connectivity index (χ0v) is 14.1. The number of hydrogen-bond donors (Lipinski definition) is 1. The Labute approximate surface area is 146 Å². The standard InChI is InChI=1S/C18H22N2O5/c1-14(19-16(21)8-7-15-5-3-2-4-6-15)18(23)25-13-17(22)20-9-11-24-12-10-20/h2-8,14H,9-13H2,1H3,(H,19,21)/b8-7+/t14-/m0/s1. The van der Waals surface area contributed by atoms with Crippen LogP contribution in [0.1, 0.15) is 12.5 Å². The molecule has 1 N–H and O–H groups in total. The highest BCUT2D eigenvalue weighted by atomic mass is 16.5. The van der Waals surface area contributed by atoms with E-state index >= 15 is 0 Å². The minimum atomic E-state index is -0.842. The van der Waals surface area contributed by atoms with Crippen LogP contribution in [-0.4, -0.2) is 61.6 Å². The maximum absolute atomic E-state index is 11.9. The van der Waals surface area contributed by atoms with Crippen LogP contribution in [0.5, 0.6) is 0 Å². The molecule has 7 nitrogen and oxygen atoms in total. The van der Waals surface area contributed by atoms with Crippen molar-refractivity contribution in [2.45, 2.75) is 13.0 Å². The van der Waals surface area contributed by atoms with Crippen LogP contribution in [0, 0.1) is 0 Å². The first-order valence-electron chi connectivity index (χ1n) is 8.12. The van der Waals surface area contributed by atoms with Crippen molar-refractivity contribution in [3.05, 3.63) is 42.0 Å². The summed E-state index contributed by atoms with van der Waals surface area (Å²) in [6, 6.07) is 8.49. The van der Waals surface area contributed by atoms with Crippen molar-refractivity contribution in [1.29, 1.82) is 0 Å². The summed E-state index contributed by atoms with van der Waals surface area (Å²) in [7, 11) is 0. The molecule has 2 rings (SSSR count). The van der Waals surface area contributed by atoms with E-state index in [0.29, 0.717) is 26.3 Å². The molecule has 0 saturated carbocycles. The number of carbonyl (C=O) groups excluding carboxylic acids is 3. The summed E-state index contributed by atoms with van der Waals surface area (Å²) in [6.07, 6.45) is 2.99. The molecule has 2 amide bonds. The molecule has 7 heteroatoms. The van der Waals surface area contributed by atoms with Gasteiger partial charge >= 0.3 is 5.97 Å². The third-order valence-electron chi connectivity index (χ3n) is 3.64. The molecule has 0 spiro atoms. The molecule has 25 heavy (non-hydrogen) atoms. The fraction of sp³-hybridized carbons (Fsp3) is 0.389. The summed E-state index contributed by atoms with van der Waals surface area (Å²) in [5, 5.41) is 2.51. The average Bonchev–Trinajstić information content (AvgIpc) is 2.65. The number of carbonyl (C=O) groups is 3. The van der Waals surface area contributed by atoms with E-state index in [4.69, 9.17) is 9.47 Å². The van der Waals surface area contributed by atoms with Gasteiger partial charge in [-0.2, -0.15) is 0 Å². The van der Waals surface area contributed by atoms with E-state index in [1.54, 1.807) is 11.0 Å². The van der Waals surface area contributed by atoms with E-state index in [-0.39, 0.29) is 12.5 Å². The van der Waals surface area contributed by atoms with Crippen LogP contribution < -0.4 is 5.32 Å². The highest BCUT2D eigenvalue weighted by molar-refractivity contribution is 5.94. The maximum atomic E-state index is 11.9. The van der Waals surface area contributed by atoms with Gasteiger partial charge in [-0.25, -0.2) is 4.79 Å². The Kier molecular flexibility index (Phi) is 7.16. The zero-order valence-electron chi connectivity index (χ0n) is 14.1. The van der Waals surface area contributed by atoms with Gasteiger partial charge in [0, 0.05) is 19.2 Å². The fourth-order valence-corrected chi connectivity index (χ4v) is 2.22. The van der Waals surface area contributed by atoms with Gasteiger partial charge in [-0.05, 0) is 18.6 Å². The molecule has 0 radical (unpaired) electrons. The summed E-state index contributed by atoms with van der Waals surface area (Å²) < 4.78 is 10.1. The second-order valence-corrected chi connectivity index (χ2v) is 5.58. The Hall–Kier alpha value is -2.67. The highest BCUT2D eigenvalue weighted by Gasteiger charge is 2.21. The predicted octanol–water partition coefficient (Wildman–Crippen LogP) is 0.606. The number of morpholine rings is 1. The molecule has 0 aliphatic carbocycles. The minimum absolute atomic E-state index is 0.265. The normalized spacial score (nSPS) is 15.6.